The van der Waals surface area contributed by atoms with E-state index in [0.29, 0.717) is 24.2 Å². The summed E-state index contributed by atoms with van der Waals surface area (Å²) in [5, 5.41) is 9.04. The standard InChI is InChI=1S/C9H11F3N6O2/c10-9(11,12)8-14-16-18(15-8)4-6(19)17-3-1-2-5(17)7(13)20/h5H,1-4H2,(H2,13,20). The maximum atomic E-state index is 12.3. The number of hydrogen-bond donors (Lipinski definition) is 1. The average Bonchev–Trinajstić information content (AvgIpc) is 2.95. The Labute approximate surface area is 110 Å². The van der Waals surface area contributed by atoms with Crippen LogP contribution in [0.4, 0.5) is 13.2 Å². The average molecular weight is 292 g/mol. The van der Waals surface area contributed by atoms with E-state index < -0.39 is 36.4 Å². The lowest BCUT2D eigenvalue weighted by atomic mass is 10.2. The molecule has 1 aliphatic heterocycles. The summed E-state index contributed by atoms with van der Waals surface area (Å²) in [6.07, 6.45) is -3.66. The van der Waals surface area contributed by atoms with Gasteiger partial charge in [0.25, 0.3) is 5.82 Å². The highest BCUT2D eigenvalue weighted by atomic mass is 19.4. The zero-order chi connectivity index (χ0) is 14.9. The summed E-state index contributed by atoms with van der Waals surface area (Å²) < 4.78 is 36.8. The lowest BCUT2D eigenvalue weighted by Crippen LogP contribution is -2.45. The Balaban J connectivity index is 2.05. The van der Waals surface area contributed by atoms with Crippen molar-refractivity contribution in [2.24, 2.45) is 5.73 Å². The van der Waals surface area contributed by atoms with E-state index in [1.54, 1.807) is 0 Å². The van der Waals surface area contributed by atoms with Crippen molar-refractivity contribution in [3.63, 3.8) is 0 Å². The van der Waals surface area contributed by atoms with Crippen LogP contribution in [0.15, 0.2) is 0 Å². The van der Waals surface area contributed by atoms with E-state index in [1.165, 1.54) is 4.90 Å². The van der Waals surface area contributed by atoms with E-state index in [0.717, 1.165) is 0 Å². The number of tetrazole rings is 1. The van der Waals surface area contributed by atoms with Crippen LogP contribution in [0, 0.1) is 0 Å². The maximum Gasteiger partial charge on any atom is 0.455 e. The number of carbonyl (C=O) groups is 2. The van der Waals surface area contributed by atoms with Crippen LogP contribution in [0.3, 0.4) is 0 Å². The van der Waals surface area contributed by atoms with E-state index in [9.17, 15) is 22.8 Å². The quantitative estimate of drug-likeness (QED) is 0.782. The van der Waals surface area contributed by atoms with Crippen LogP contribution in [0.25, 0.3) is 0 Å². The molecule has 2 heterocycles. The van der Waals surface area contributed by atoms with Gasteiger partial charge >= 0.3 is 6.18 Å². The van der Waals surface area contributed by atoms with Gasteiger partial charge in [0.05, 0.1) is 0 Å². The molecule has 1 fully saturated rings. The summed E-state index contributed by atoms with van der Waals surface area (Å²) in [5.41, 5.74) is 5.15. The van der Waals surface area contributed by atoms with E-state index in [2.05, 4.69) is 15.4 Å². The first-order valence-corrected chi connectivity index (χ1v) is 5.73. The number of nitrogens with zero attached hydrogens (tertiary/aromatic N) is 5. The summed E-state index contributed by atoms with van der Waals surface area (Å²) in [6.45, 7) is -0.194. The monoisotopic (exact) mass is 292 g/mol. The van der Waals surface area contributed by atoms with Crippen LogP contribution >= 0.6 is 0 Å². The van der Waals surface area contributed by atoms with E-state index in [1.807, 2.05) is 0 Å². The third kappa shape index (κ3) is 2.86. The molecule has 8 nitrogen and oxygen atoms in total. The molecule has 1 unspecified atom stereocenters. The number of aromatic nitrogens is 4. The van der Waals surface area contributed by atoms with Crippen LogP contribution in [0.5, 0.6) is 0 Å². The van der Waals surface area contributed by atoms with Crippen molar-refractivity contribution < 1.29 is 22.8 Å². The van der Waals surface area contributed by atoms with Crippen molar-refractivity contribution in [3.8, 4) is 0 Å². The third-order valence-electron chi connectivity index (χ3n) is 2.88. The summed E-state index contributed by atoms with van der Waals surface area (Å²) in [4.78, 5) is 24.8. The molecule has 2 N–H and O–H groups in total. The molecule has 1 aliphatic rings. The van der Waals surface area contributed by atoms with Gasteiger partial charge < -0.3 is 10.6 Å². The zero-order valence-corrected chi connectivity index (χ0v) is 10.2. The van der Waals surface area contributed by atoms with Crippen LogP contribution in [0.2, 0.25) is 0 Å². The highest BCUT2D eigenvalue weighted by Crippen LogP contribution is 2.25. The molecule has 1 saturated heterocycles. The van der Waals surface area contributed by atoms with Crippen LogP contribution < -0.4 is 5.73 Å². The molecule has 0 spiro atoms. The fourth-order valence-electron chi connectivity index (χ4n) is 2.00. The van der Waals surface area contributed by atoms with Crippen LogP contribution in [0.1, 0.15) is 18.7 Å². The first-order chi connectivity index (χ1) is 9.29. The molecule has 0 radical (unpaired) electrons. The Hall–Kier alpha value is -2.20. The van der Waals surface area contributed by atoms with Gasteiger partial charge in [-0.2, -0.15) is 18.0 Å². The fourth-order valence-corrected chi connectivity index (χ4v) is 2.00. The zero-order valence-electron chi connectivity index (χ0n) is 10.2. The van der Waals surface area contributed by atoms with Crippen molar-refractivity contribution in [1.82, 2.24) is 25.1 Å². The number of rotatable bonds is 3. The third-order valence-corrected chi connectivity index (χ3v) is 2.88. The number of halogens is 3. The molecular weight excluding hydrogens is 281 g/mol. The molecule has 1 aromatic heterocycles. The molecule has 0 saturated carbocycles. The molecule has 0 aromatic carbocycles. The Morgan fingerprint density at radius 2 is 2.10 bits per heavy atom. The Morgan fingerprint density at radius 1 is 1.40 bits per heavy atom. The second-order valence-electron chi connectivity index (χ2n) is 4.29. The Bertz CT molecular complexity index is 528. The highest BCUT2D eigenvalue weighted by molar-refractivity contribution is 5.87. The van der Waals surface area contributed by atoms with E-state index in [4.69, 9.17) is 5.73 Å². The number of alkyl halides is 3. The molecule has 2 rings (SSSR count). The molecule has 20 heavy (non-hydrogen) atoms. The predicted octanol–water partition coefficient (Wildman–Crippen LogP) is -0.832. The molecule has 0 bridgehead atoms. The predicted molar refractivity (Wildman–Crippen MR) is 56.7 cm³/mol. The number of carbonyl (C=O) groups excluding carboxylic acids is 2. The normalized spacial score (nSPS) is 19.4. The van der Waals surface area contributed by atoms with Crippen molar-refractivity contribution in [3.05, 3.63) is 5.82 Å². The number of primary amides is 1. The number of nitrogens with two attached hydrogens (primary N) is 1. The molecule has 1 atom stereocenters. The van der Waals surface area contributed by atoms with Gasteiger partial charge in [-0.15, -0.1) is 10.2 Å². The Kier molecular flexibility index (Phi) is 3.59. The van der Waals surface area contributed by atoms with Gasteiger partial charge in [-0.25, -0.2) is 0 Å². The molecule has 2 amide bonds. The lowest BCUT2D eigenvalue weighted by molar-refractivity contribution is -0.145. The topological polar surface area (TPSA) is 107 Å². The molecule has 1 aromatic rings. The van der Waals surface area contributed by atoms with Crippen molar-refractivity contribution in [2.45, 2.75) is 31.6 Å². The summed E-state index contributed by atoms with van der Waals surface area (Å²) >= 11 is 0. The maximum absolute atomic E-state index is 12.3. The lowest BCUT2D eigenvalue weighted by Gasteiger charge is -2.21. The van der Waals surface area contributed by atoms with Gasteiger partial charge in [-0.3, -0.25) is 9.59 Å². The first-order valence-electron chi connectivity index (χ1n) is 5.73. The fraction of sp³-hybridized carbons (Fsp3) is 0.667. The summed E-state index contributed by atoms with van der Waals surface area (Å²) in [6, 6.07) is -0.729. The highest BCUT2D eigenvalue weighted by Gasteiger charge is 2.37. The van der Waals surface area contributed by atoms with E-state index >= 15 is 0 Å². The Morgan fingerprint density at radius 3 is 2.65 bits per heavy atom. The molecular formula is C9H11F3N6O2. The summed E-state index contributed by atoms with van der Waals surface area (Å²) in [5.74, 6) is -2.63. The van der Waals surface area contributed by atoms with Gasteiger partial charge in [-0.05, 0) is 18.1 Å². The van der Waals surface area contributed by atoms with Crippen molar-refractivity contribution >= 4 is 11.8 Å². The van der Waals surface area contributed by atoms with Gasteiger partial charge in [0.1, 0.15) is 12.6 Å². The van der Waals surface area contributed by atoms with Gasteiger partial charge in [0.15, 0.2) is 0 Å². The van der Waals surface area contributed by atoms with Crippen LogP contribution in [-0.4, -0.2) is 49.5 Å². The number of hydrogen-bond acceptors (Lipinski definition) is 5. The minimum absolute atomic E-state index is 0.327. The molecule has 0 aliphatic carbocycles. The van der Waals surface area contributed by atoms with Gasteiger partial charge in [0.2, 0.25) is 11.8 Å². The summed E-state index contributed by atoms with van der Waals surface area (Å²) in [7, 11) is 0. The minimum Gasteiger partial charge on any atom is -0.368 e. The molecule has 11 heteroatoms. The number of likely N-dealkylation sites (tertiary alicyclic amines) is 1. The molecule has 110 valence electrons. The van der Waals surface area contributed by atoms with E-state index in [-0.39, 0.29) is 0 Å². The minimum atomic E-state index is -4.72. The largest absolute Gasteiger partial charge is 0.455 e. The first kappa shape index (κ1) is 14.2. The van der Waals surface area contributed by atoms with Crippen LogP contribution in [-0.2, 0) is 22.3 Å². The SMILES string of the molecule is NC(=O)C1CCCN1C(=O)Cn1nnc(C(F)(F)F)n1. The second kappa shape index (κ2) is 5.06. The van der Waals surface area contributed by atoms with Crippen molar-refractivity contribution in [1.29, 1.82) is 0 Å². The van der Waals surface area contributed by atoms with Crippen molar-refractivity contribution in [2.75, 3.05) is 6.54 Å². The van der Waals surface area contributed by atoms with Gasteiger partial charge in [-0.1, -0.05) is 0 Å². The second-order valence-corrected chi connectivity index (χ2v) is 4.29. The number of amides is 2. The van der Waals surface area contributed by atoms with Gasteiger partial charge in [0, 0.05) is 6.54 Å². The smallest absolute Gasteiger partial charge is 0.368 e.